The largest absolute Gasteiger partial charge is 0.379 e. The minimum absolute atomic E-state index is 0.0146. The molecule has 0 radical (unpaired) electrons. The van der Waals surface area contributed by atoms with Gasteiger partial charge in [-0.3, -0.25) is 4.79 Å². The molecule has 1 aromatic carbocycles. The number of benzene rings is 1. The van der Waals surface area contributed by atoms with Crippen molar-refractivity contribution < 1.29 is 14.3 Å². The lowest BCUT2D eigenvalue weighted by atomic mass is 10.4. The number of likely N-dealkylation sites (N-methyl/N-ethyl adjacent to an activating group) is 1. The monoisotopic (exact) mass is 312 g/mol. The van der Waals surface area contributed by atoms with Gasteiger partial charge in [0.05, 0.1) is 33.0 Å². The first-order valence-electron chi connectivity index (χ1n) is 7.18. The van der Waals surface area contributed by atoms with E-state index in [0.29, 0.717) is 32.9 Å². The van der Waals surface area contributed by atoms with Crippen LogP contribution < -0.4 is 15.9 Å². The molecular formula is C15H25N2O3P. The summed E-state index contributed by atoms with van der Waals surface area (Å²) in [7, 11) is 2.54. The summed E-state index contributed by atoms with van der Waals surface area (Å²) in [6.45, 7) is 3.32. The predicted molar refractivity (Wildman–Crippen MR) is 87.8 cm³/mol. The van der Waals surface area contributed by atoms with E-state index in [4.69, 9.17) is 9.47 Å². The van der Waals surface area contributed by atoms with Crippen LogP contribution in [0.15, 0.2) is 30.3 Å². The van der Waals surface area contributed by atoms with Gasteiger partial charge in [-0.1, -0.05) is 38.9 Å². The van der Waals surface area contributed by atoms with Crippen molar-refractivity contribution in [1.82, 2.24) is 10.6 Å². The average molecular weight is 312 g/mol. The molecule has 0 aliphatic rings. The summed E-state index contributed by atoms with van der Waals surface area (Å²) in [6, 6.07) is 10.4. The Morgan fingerprint density at radius 1 is 1.10 bits per heavy atom. The molecule has 0 bridgehead atoms. The molecule has 0 heterocycles. The van der Waals surface area contributed by atoms with Gasteiger partial charge in [-0.15, -0.1) is 0 Å². The third-order valence-corrected chi connectivity index (χ3v) is 3.82. The molecule has 1 unspecified atom stereocenters. The molecular weight excluding hydrogens is 287 g/mol. The Labute approximate surface area is 128 Å². The van der Waals surface area contributed by atoms with Crippen molar-refractivity contribution in [3.63, 3.8) is 0 Å². The van der Waals surface area contributed by atoms with Crippen molar-refractivity contribution in [2.24, 2.45) is 0 Å². The van der Waals surface area contributed by atoms with Crippen LogP contribution in [0.25, 0.3) is 0 Å². The molecule has 0 aromatic heterocycles. The number of ether oxygens (including phenoxy) is 2. The molecule has 0 fully saturated rings. The van der Waals surface area contributed by atoms with E-state index in [1.54, 1.807) is 7.05 Å². The molecule has 0 aliphatic heterocycles. The van der Waals surface area contributed by atoms with E-state index in [0.717, 1.165) is 21.3 Å². The third-order valence-electron chi connectivity index (χ3n) is 2.63. The summed E-state index contributed by atoms with van der Waals surface area (Å²) in [6.07, 6.45) is 1.05. The van der Waals surface area contributed by atoms with Crippen molar-refractivity contribution >= 4 is 19.8 Å². The van der Waals surface area contributed by atoms with E-state index >= 15 is 0 Å². The second-order valence-corrected chi connectivity index (χ2v) is 5.83. The van der Waals surface area contributed by atoms with Crippen molar-refractivity contribution in [2.45, 2.75) is 0 Å². The van der Waals surface area contributed by atoms with Crippen LogP contribution in [0.2, 0.25) is 0 Å². The minimum Gasteiger partial charge on any atom is -0.379 e. The molecule has 2 N–H and O–H groups in total. The second kappa shape index (κ2) is 12.7. The molecule has 1 amide bonds. The lowest BCUT2D eigenvalue weighted by molar-refractivity contribution is -0.120. The van der Waals surface area contributed by atoms with Crippen LogP contribution in [-0.2, 0) is 14.3 Å². The zero-order valence-electron chi connectivity index (χ0n) is 12.6. The highest BCUT2D eigenvalue weighted by Gasteiger charge is 1.97. The molecule has 6 heteroatoms. The number of hydrogen-bond donors (Lipinski definition) is 2. The molecule has 0 aliphatic carbocycles. The van der Waals surface area contributed by atoms with Gasteiger partial charge < -0.3 is 20.1 Å². The summed E-state index contributed by atoms with van der Waals surface area (Å²) in [5.41, 5.74) is 0. The summed E-state index contributed by atoms with van der Waals surface area (Å²) < 4.78 is 10.9. The van der Waals surface area contributed by atoms with E-state index in [-0.39, 0.29) is 5.91 Å². The van der Waals surface area contributed by atoms with E-state index in [1.807, 2.05) is 6.07 Å². The lowest BCUT2D eigenvalue weighted by Gasteiger charge is -2.07. The fraction of sp³-hybridized carbons (Fsp3) is 0.533. The Hall–Kier alpha value is -1.00. The average Bonchev–Trinajstić information content (AvgIpc) is 2.50. The van der Waals surface area contributed by atoms with Crippen molar-refractivity contribution in [1.29, 1.82) is 0 Å². The summed E-state index contributed by atoms with van der Waals surface area (Å²) >= 11 is 0. The molecule has 1 atom stereocenters. The quantitative estimate of drug-likeness (QED) is 0.432. The maximum Gasteiger partial charge on any atom is 0.234 e. The van der Waals surface area contributed by atoms with Crippen LogP contribution in [0, 0.1) is 0 Å². The van der Waals surface area contributed by atoms with Gasteiger partial charge in [0, 0.05) is 6.54 Å². The van der Waals surface area contributed by atoms with Crippen molar-refractivity contribution in [2.75, 3.05) is 52.7 Å². The number of carbonyl (C=O) groups excluding carboxylic acids is 1. The number of carbonyl (C=O) groups is 1. The topological polar surface area (TPSA) is 59.6 Å². The van der Waals surface area contributed by atoms with Crippen LogP contribution >= 0.6 is 8.58 Å². The van der Waals surface area contributed by atoms with E-state index in [9.17, 15) is 4.79 Å². The van der Waals surface area contributed by atoms with Gasteiger partial charge >= 0.3 is 0 Å². The van der Waals surface area contributed by atoms with Crippen molar-refractivity contribution in [3.8, 4) is 0 Å². The smallest absolute Gasteiger partial charge is 0.234 e. The Balaban J connectivity index is 1.82. The molecule has 21 heavy (non-hydrogen) atoms. The van der Waals surface area contributed by atoms with E-state index in [2.05, 4.69) is 34.9 Å². The fourth-order valence-corrected chi connectivity index (χ4v) is 2.59. The summed E-state index contributed by atoms with van der Waals surface area (Å²) in [5.74, 6) is -0.0146. The zero-order valence-corrected chi connectivity index (χ0v) is 13.6. The number of hydrogen-bond acceptors (Lipinski definition) is 4. The first-order chi connectivity index (χ1) is 10.3. The Morgan fingerprint density at radius 3 is 2.52 bits per heavy atom. The van der Waals surface area contributed by atoms with Crippen LogP contribution in [0.3, 0.4) is 0 Å². The minimum atomic E-state index is -0.0146. The van der Waals surface area contributed by atoms with Gasteiger partial charge in [0.2, 0.25) is 5.91 Å². The lowest BCUT2D eigenvalue weighted by Crippen LogP contribution is -2.34. The number of nitrogens with one attached hydrogen (secondary N) is 2. The molecule has 5 nitrogen and oxygen atoms in total. The highest BCUT2D eigenvalue weighted by Crippen LogP contribution is 2.08. The predicted octanol–water partition coefficient (Wildman–Crippen LogP) is 0.359. The highest BCUT2D eigenvalue weighted by atomic mass is 31.1. The molecule has 118 valence electrons. The Bertz CT molecular complexity index is 376. The van der Waals surface area contributed by atoms with Gasteiger partial charge in [0.15, 0.2) is 0 Å². The van der Waals surface area contributed by atoms with E-state index in [1.165, 1.54) is 5.30 Å². The zero-order chi connectivity index (χ0) is 15.2. The normalized spacial score (nSPS) is 11.1. The van der Waals surface area contributed by atoms with Crippen LogP contribution in [0.1, 0.15) is 0 Å². The van der Waals surface area contributed by atoms with Crippen LogP contribution in [0.4, 0.5) is 0 Å². The SMILES string of the molecule is CNCC(=O)NCCOCCOCCPc1ccccc1. The first-order valence-corrected chi connectivity index (χ1v) is 8.39. The molecule has 1 aromatic rings. The van der Waals surface area contributed by atoms with E-state index < -0.39 is 0 Å². The maximum atomic E-state index is 11.1. The van der Waals surface area contributed by atoms with Gasteiger partial charge in [-0.05, 0) is 18.5 Å². The molecule has 0 saturated heterocycles. The summed E-state index contributed by atoms with van der Waals surface area (Å²) in [4.78, 5) is 11.1. The number of amides is 1. The van der Waals surface area contributed by atoms with Crippen LogP contribution in [-0.4, -0.2) is 58.6 Å². The Morgan fingerprint density at radius 2 is 1.81 bits per heavy atom. The molecule has 0 spiro atoms. The van der Waals surface area contributed by atoms with Crippen molar-refractivity contribution in [3.05, 3.63) is 30.3 Å². The van der Waals surface area contributed by atoms with Gasteiger partial charge in [-0.2, -0.15) is 0 Å². The fourth-order valence-electron chi connectivity index (χ4n) is 1.63. The number of rotatable bonds is 12. The maximum absolute atomic E-state index is 11.1. The van der Waals surface area contributed by atoms with Crippen LogP contribution in [0.5, 0.6) is 0 Å². The van der Waals surface area contributed by atoms with Gasteiger partial charge in [0.1, 0.15) is 0 Å². The van der Waals surface area contributed by atoms with Gasteiger partial charge in [0.25, 0.3) is 0 Å². The molecule has 1 rings (SSSR count). The van der Waals surface area contributed by atoms with Gasteiger partial charge in [-0.25, -0.2) is 0 Å². The summed E-state index contributed by atoms with van der Waals surface area (Å²) in [5, 5.41) is 6.90. The highest BCUT2D eigenvalue weighted by molar-refractivity contribution is 7.47. The third kappa shape index (κ3) is 10.4. The Kier molecular flexibility index (Phi) is 10.9. The second-order valence-electron chi connectivity index (χ2n) is 4.40. The first kappa shape index (κ1) is 18.1. The standard InChI is InChI=1S/C15H25N2O3P/c1-16-13-15(18)17-7-8-19-9-10-20-11-12-21-14-5-3-2-4-6-14/h2-6,16,21H,7-13H2,1H3,(H,17,18). The molecule has 0 saturated carbocycles.